The van der Waals surface area contributed by atoms with Crippen LogP contribution in [0.2, 0.25) is 5.02 Å². The van der Waals surface area contributed by atoms with Crippen LogP contribution in [0.5, 0.6) is 0 Å². The summed E-state index contributed by atoms with van der Waals surface area (Å²) in [5, 5.41) is 20.7. The third kappa shape index (κ3) is 4.00. The Morgan fingerprint density at radius 1 is 1.06 bits per heavy atom. The summed E-state index contributed by atoms with van der Waals surface area (Å²) in [6.07, 6.45) is 8.97. The molecule has 2 fully saturated rings. The molecule has 1 saturated heterocycles. The van der Waals surface area contributed by atoms with Gasteiger partial charge in [0.2, 0.25) is 5.91 Å². The summed E-state index contributed by atoms with van der Waals surface area (Å²) in [6, 6.07) is 7.49. The van der Waals surface area contributed by atoms with Crippen molar-refractivity contribution < 1.29 is 9.90 Å². The van der Waals surface area contributed by atoms with E-state index >= 15 is 0 Å². The van der Waals surface area contributed by atoms with Crippen LogP contribution in [0, 0.1) is 5.41 Å². The van der Waals surface area contributed by atoms with Gasteiger partial charge in [0.15, 0.2) is 5.65 Å². The summed E-state index contributed by atoms with van der Waals surface area (Å²) in [5.74, 6) is 0.179. The van der Waals surface area contributed by atoms with Gasteiger partial charge < -0.3 is 10.0 Å². The summed E-state index contributed by atoms with van der Waals surface area (Å²) >= 11 is 5.95. The van der Waals surface area contributed by atoms with Gasteiger partial charge in [0, 0.05) is 24.7 Å². The van der Waals surface area contributed by atoms with Gasteiger partial charge in [0.05, 0.1) is 40.9 Å². The third-order valence-electron chi connectivity index (χ3n) is 7.43. The summed E-state index contributed by atoms with van der Waals surface area (Å²) in [7, 11) is 0. The SMILES string of the molecule is CC1(C(=O)N2CCC(O)(Cn3cnc4c(cnn4-c4ccc(-n5cc(Cl)cn5)cc4)c3=O)CC2)CC1. The fourth-order valence-electron chi connectivity index (χ4n) is 4.82. The Morgan fingerprint density at radius 3 is 2.39 bits per heavy atom. The number of carbonyl (C=O) groups excluding carboxylic acids is 1. The van der Waals surface area contributed by atoms with Crippen molar-refractivity contribution in [2.75, 3.05) is 13.1 Å². The van der Waals surface area contributed by atoms with Crippen LogP contribution in [0.1, 0.15) is 32.6 Å². The first-order chi connectivity index (χ1) is 17.2. The minimum absolute atomic E-state index is 0.125. The molecule has 36 heavy (non-hydrogen) atoms. The first-order valence-corrected chi connectivity index (χ1v) is 12.4. The number of hydrogen-bond donors (Lipinski definition) is 1. The molecule has 1 aromatic carbocycles. The maximum absolute atomic E-state index is 13.2. The van der Waals surface area contributed by atoms with Crippen LogP contribution in [0.15, 0.2) is 54.0 Å². The van der Waals surface area contributed by atoms with E-state index in [0.29, 0.717) is 42.0 Å². The van der Waals surface area contributed by atoms with Gasteiger partial charge in [-0.05, 0) is 49.9 Å². The number of rotatable bonds is 5. The number of benzene rings is 1. The number of likely N-dealkylation sites (tertiary alicyclic amines) is 1. The number of nitrogens with zero attached hydrogens (tertiary/aromatic N) is 7. The van der Waals surface area contributed by atoms with Gasteiger partial charge in [-0.2, -0.15) is 10.2 Å². The number of fused-ring (bicyclic) bond motifs is 1. The van der Waals surface area contributed by atoms with Gasteiger partial charge >= 0.3 is 0 Å². The van der Waals surface area contributed by atoms with Crippen LogP contribution >= 0.6 is 11.6 Å². The Balaban J connectivity index is 1.20. The molecule has 4 aromatic rings. The Bertz CT molecular complexity index is 1510. The molecule has 11 heteroatoms. The van der Waals surface area contributed by atoms with Crippen LogP contribution in [-0.4, -0.2) is 63.7 Å². The lowest BCUT2D eigenvalue weighted by molar-refractivity contribution is -0.141. The fraction of sp³-hybridized carbons (Fsp3) is 0.400. The minimum Gasteiger partial charge on any atom is -0.388 e. The van der Waals surface area contributed by atoms with Crippen molar-refractivity contribution in [1.82, 2.24) is 34.0 Å². The number of aromatic nitrogens is 6. The van der Waals surface area contributed by atoms with Crippen molar-refractivity contribution >= 4 is 28.5 Å². The van der Waals surface area contributed by atoms with E-state index in [9.17, 15) is 14.7 Å². The number of carbonyl (C=O) groups is 1. The lowest BCUT2D eigenvalue weighted by atomic mass is 9.90. The summed E-state index contributed by atoms with van der Waals surface area (Å²) < 4.78 is 4.72. The average Bonchev–Trinajstić information content (AvgIpc) is 3.26. The molecule has 0 spiro atoms. The van der Waals surface area contributed by atoms with E-state index in [1.807, 2.05) is 36.1 Å². The second kappa shape index (κ2) is 8.28. The molecular weight excluding hydrogens is 482 g/mol. The highest BCUT2D eigenvalue weighted by molar-refractivity contribution is 6.30. The van der Waals surface area contributed by atoms with Crippen LogP contribution in [-0.2, 0) is 11.3 Å². The quantitative estimate of drug-likeness (QED) is 0.444. The lowest BCUT2D eigenvalue weighted by Gasteiger charge is -2.39. The number of amides is 1. The van der Waals surface area contributed by atoms with Crippen molar-refractivity contribution in [3.63, 3.8) is 0 Å². The standard InChI is InChI=1S/C25H26ClN7O3/c1-24(6-7-24)23(35)30-10-8-25(36,9-11-30)15-31-16-27-21-20(22(31)34)13-29-33(21)19-4-2-18(3-5-19)32-14-17(26)12-28-32/h2-5,12-14,16,36H,6-11,15H2,1H3. The molecule has 2 aliphatic rings. The lowest BCUT2D eigenvalue weighted by Crippen LogP contribution is -2.51. The minimum atomic E-state index is -1.07. The first-order valence-electron chi connectivity index (χ1n) is 12.0. The van der Waals surface area contributed by atoms with Crippen LogP contribution in [0.3, 0.4) is 0 Å². The first kappa shape index (κ1) is 22.9. The van der Waals surface area contributed by atoms with Crippen molar-refractivity contribution in [2.45, 2.75) is 44.8 Å². The molecule has 1 aliphatic heterocycles. The van der Waals surface area contributed by atoms with Gasteiger partial charge in [-0.25, -0.2) is 14.3 Å². The predicted molar refractivity (Wildman–Crippen MR) is 133 cm³/mol. The number of hydrogen-bond acceptors (Lipinski definition) is 6. The molecule has 0 atom stereocenters. The smallest absolute Gasteiger partial charge is 0.264 e. The molecule has 3 aromatic heterocycles. The normalized spacial score (nSPS) is 18.5. The number of aliphatic hydroxyl groups is 1. The molecule has 10 nitrogen and oxygen atoms in total. The third-order valence-corrected chi connectivity index (χ3v) is 7.62. The zero-order valence-electron chi connectivity index (χ0n) is 19.8. The maximum Gasteiger partial charge on any atom is 0.264 e. The summed E-state index contributed by atoms with van der Waals surface area (Å²) in [5.41, 5.74) is 0.486. The highest BCUT2D eigenvalue weighted by Crippen LogP contribution is 2.47. The van der Waals surface area contributed by atoms with E-state index < -0.39 is 5.60 Å². The Morgan fingerprint density at radius 2 is 1.75 bits per heavy atom. The Kier molecular flexibility index (Phi) is 5.27. The summed E-state index contributed by atoms with van der Waals surface area (Å²) in [4.78, 5) is 32.2. The van der Waals surface area contributed by atoms with Gasteiger partial charge in [-0.1, -0.05) is 18.5 Å². The van der Waals surface area contributed by atoms with E-state index in [1.165, 1.54) is 17.1 Å². The highest BCUT2D eigenvalue weighted by atomic mass is 35.5. The number of halogens is 1. The van der Waals surface area contributed by atoms with Crippen molar-refractivity contribution in [3.05, 3.63) is 64.6 Å². The Labute approximate surface area is 211 Å². The van der Waals surface area contributed by atoms with E-state index in [0.717, 1.165) is 24.2 Å². The van der Waals surface area contributed by atoms with E-state index in [4.69, 9.17) is 11.6 Å². The molecule has 0 radical (unpaired) electrons. The maximum atomic E-state index is 13.2. The van der Waals surface area contributed by atoms with Gasteiger partial charge in [-0.15, -0.1) is 0 Å². The van der Waals surface area contributed by atoms with Gasteiger partial charge in [0.25, 0.3) is 5.56 Å². The monoisotopic (exact) mass is 507 g/mol. The average molecular weight is 508 g/mol. The van der Waals surface area contributed by atoms with Crippen molar-refractivity contribution in [2.24, 2.45) is 5.41 Å². The fourth-order valence-corrected chi connectivity index (χ4v) is 4.96. The molecule has 4 heterocycles. The molecule has 186 valence electrons. The topological polar surface area (TPSA) is 111 Å². The second-order valence-electron chi connectivity index (χ2n) is 10.2. The number of piperidine rings is 1. The van der Waals surface area contributed by atoms with Crippen molar-refractivity contribution in [1.29, 1.82) is 0 Å². The van der Waals surface area contributed by atoms with E-state index in [1.54, 1.807) is 21.8 Å². The highest BCUT2D eigenvalue weighted by Gasteiger charge is 2.48. The molecule has 1 N–H and O–H groups in total. The predicted octanol–water partition coefficient (Wildman–Crippen LogP) is 2.57. The second-order valence-corrected chi connectivity index (χ2v) is 10.6. The molecule has 1 saturated carbocycles. The molecule has 1 amide bonds. The van der Waals surface area contributed by atoms with Gasteiger partial charge in [0.1, 0.15) is 11.7 Å². The molecule has 1 aliphatic carbocycles. The zero-order valence-corrected chi connectivity index (χ0v) is 20.6. The molecule has 0 unspecified atom stereocenters. The summed E-state index contributed by atoms with van der Waals surface area (Å²) in [6.45, 7) is 3.11. The van der Waals surface area contributed by atoms with E-state index in [-0.39, 0.29) is 23.4 Å². The Hall–Kier alpha value is -3.50. The van der Waals surface area contributed by atoms with Gasteiger partial charge in [-0.3, -0.25) is 14.2 Å². The largest absolute Gasteiger partial charge is 0.388 e. The zero-order chi connectivity index (χ0) is 25.1. The molecule has 0 bridgehead atoms. The van der Waals surface area contributed by atoms with Crippen LogP contribution in [0.4, 0.5) is 0 Å². The molecule has 6 rings (SSSR count). The van der Waals surface area contributed by atoms with Crippen LogP contribution in [0.25, 0.3) is 22.4 Å². The van der Waals surface area contributed by atoms with Crippen LogP contribution < -0.4 is 5.56 Å². The molecular formula is C25H26ClN7O3. The van der Waals surface area contributed by atoms with Crippen molar-refractivity contribution in [3.8, 4) is 11.4 Å². The van der Waals surface area contributed by atoms with E-state index in [2.05, 4.69) is 15.2 Å².